The molecule has 2 saturated carbocycles. The summed E-state index contributed by atoms with van der Waals surface area (Å²) in [6.45, 7) is 5.56. The molecule has 0 aromatic heterocycles. The van der Waals surface area contributed by atoms with Crippen molar-refractivity contribution in [3.8, 4) is 0 Å². The standard InChI is InChI=1S/C24H44O/c1-3-5-7-9-11-21-12-14-22(15-13-21)23-16-18-24(19-17-23)25-20-10-8-6-4-2/h9,11,21-24H,3-8,10,12-20H2,1-2H3. The second kappa shape index (κ2) is 13.0. The third-order valence-electron chi connectivity index (χ3n) is 6.69. The van der Waals surface area contributed by atoms with Crippen molar-refractivity contribution >= 4 is 0 Å². The van der Waals surface area contributed by atoms with Crippen molar-refractivity contribution in [2.24, 2.45) is 17.8 Å². The van der Waals surface area contributed by atoms with Gasteiger partial charge in [0.25, 0.3) is 0 Å². The van der Waals surface area contributed by atoms with Crippen LogP contribution in [0.3, 0.4) is 0 Å². The maximum absolute atomic E-state index is 6.14. The van der Waals surface area contributed by atoms with E-state index in [0.29, 0.717) is 6.10 Å². The van der Waals surface area contributed by atoms with Gasteiger partial charge in [0.2, 0.25) is 0 Å². The van der Waals surface area contributed by atoms with E-state index >= 15 is 0 Å². The van der Waals surface area contributed by atoms with Gasteiger partial charge in [0.15, 0.2) is 0 Å². The summed E-state index contributed by atoms with van der Waals surface area (Å²) in [7, 11) is 0. The van der Waals surface area contributed by atoms with E-state index in [0.717, 1.165) is 24.4 Å². The molecule has 0 unspecified atom stereocenters. The third-order valence-corrected chi connectivity index (χ3v) is 6.69. The van der Waals surface area contributed by atoms with Gasteiger partial charge in [0.1, 0.15) is 0 Å². The van der Waals surface area contributed by atoms with E-state index in [1.54, 1.807) is 0 Å². The second-order valence-corrected chi connectivity index (χ2v) is 8.71. The van der Waals surface area contributed by atoms with Gasteiger partial charge in [-0.05, 0) is 82.0 Å². The molecule has 146 valence electrons. The highest BCUT2D eigenvalue weighted by atomic mass is 16.5. The Labute approximate surface area is 158 Å². The molecule has 0 saturated heterocycles. The Hall–Kier alpha value is -0.300. The van der Waals surface area contributed by atoms with Gasteiger partial charge in [-0.1, -0.05) is 58.1 Å². The maximum Gasteiger partial charge on any atom is 0.0575 e. The van der Waals surface area contributed by atoms with Gasteiger partial charge in [0, 0.05) is 6.61 Å². The van der Waals surface area contributed by atoms with E-state index in [4.69, 9.17) is 4.74 Å². The Morgan fingerprint density at radius 2 is 1.36 bits per heavy atom. The van der Waals surface area contributed by atoms with Gasteiger partial charge in [-0.3, -0.25) is 0 Å². The lowest BCUT2D eigenvalue weighted by Crippen LogP contribution is -2.28. The van der Waals surface area contributed by atoms with Gasteiger partial charge >= 0.3 is 0 Å². The van der Waals surface area contributed by atoms with Crippen LogP contribution in [0.1, 0.15) is 110 Å². The molecule has 1 nitrogen and oxygen atoms in total. The number of ether oxygens (including phenoxy) is 1. The fraction of sp³-hybridized carbons (Fsp3) is 0.917. The molecule has 0 spiro atoms. The summed E-state index contributed by atoms with van der Waals surface area (Å²) in [5.41, 5.74) is 0. The van der Waals surface area contributed by atoms with Crippen LogP contribution < -0.4 is 0 Å². The summed E-state index contributed by atoms with van der Waals surface area (Å²) in [5, 5.41) is 0. The number of hydrogen-bond donors (Lipinski definition) is 0. The van der Waals surface area contributed by atoms with Gasteiger partial charge < -0.3 is 4.74 Å². The topological polar surface area (TPSA) is 9.23 Å². The summed E-state index contributed by atoms with van der Waals surface area (Å²) < 4.78 is 6.14. The molecule has 2 rings (SSSR count). The lowest BCUT2D eigenvalue weighted by atomic mass is 9.70. The maximum atomic E-state index is 6.14. The molecule has 0 aromatic carbocycles. The Morgan fingerprint density at radius 1 is 0.720 bits per heavy atom. The largest absolute Gasteiger partial charge is 0.378 e. The molecule has 0 bridgehead atoms. The quantitative estimate of drug-likeness (QED) is 0.274. The van der Waals surface area contributed by atoms with E-state index in [1.807, 2.05) is 0 Å². The first kappa shape index (κ1) is 21.0. The van der Waals surface area contributed by atoms with E-state index in [9.17, 15) is 0 Å². The van der Waals surface area contributed by atoms with Crippen molar-refractivity contribution < 1.29 is 4.74 Å². The molecule has 0 N–H and O–H groups in total. The zero-order valence-corrected chi connectivity index (χ0v) is 17.2. The van der Waals surface area contributed by atoms with Crippen LogP contribution in [0.2, 0.25) is 0 Å². The average molecular weight is 349 g/mol. The monoisotopic (exact) mass is 348 g/mol. The van der Waals surface area contributed by atoms with Crippen LogP contribution in [-0.4, -0.2) is 12.7 Å². The minimum absolute atomic E-state index is 0.579. The molecule has 2 fully saturated rings. The third kappa shape index (κ3) is 8.29. The number of hydrogen-bond acceptors (Lipinski definition) is 1. The molecule has 0 aliphatic heterocycles. The lowest BCUT2D eigenvalue weighted by Gasteiger charge is -2.37. The smallest absolute Gasteiger partial charge is 0.0575 e. The summed E-state index contributed by atoms with van der Waals surface area (Å²) in [4.78, 5) is 0. The Balaban J connectivity index is 1.55. The van der Waals surface area contributed by atoms with Crippen molar-refractivity contribution in [1.82, 2.24) is 0 Å². The van der Waals surface area contributed by atoms with Gasteiger partial charge in [-0.2, -0.15) is 0 Å². The van der Waals surface area contributed by atoms with Crippen LogP contribution in [0.5, 0.6) is 0 Å². The van der Waals surface area contributed by atoms with Crippen molar-refractivity contribution in [3.05, 3.63) is 12.2 Å². The number of allylic oxidation sites excluding steroid dienone is 2. The van der Waals surface area contributed by atoms with Crippen molar-refractivity contribution in [1.29, 1.82) is 0 Å². The van der Waals surface area contributed by atoms with Crippen molar-refractivity contribution in [2.45, 2.75) is 116 Å². The fourth-order valence-corrected chi connectivity index (χ4v) is 4.93. The predicted molar refractivity (Wildman–Crippen MR) is 110 cm³/mol. The van der Waals surface area contributed by atoms with Gasteiger partial charge in [-0.25, -0.2) is 0 Å². The molecule has 25 heavy (non-hydrogen) atoms. The molecule has 0 amide bonds. The molecule has 0 heterocycles. The fourth-order valence-electron chi connectivity index (χ4n) is 4.93. The summed E-state index contributed by atoms with van der Waals surface area (Å²) >= 11 is 0. The molecule has 0 radical (unpaired) electrons. The Bertz CT molecular complexity index is 332. The molecular weight excluding hydrogens is 304 g/mol. The molecule has 2 aliphatic rings. The highest BCUT2D eigenvalue weighted by Crippen LogP contribution is 2.40. The van der Waals surface area contributed by atoms with Crippen LogP contribution in [0.25, 0.3) is 0 Å². The minimum Gasteiger partial charge on any atom is -0.378 e. The summed E-state index contributed by atoms with van der Waals surface area (Å²) in [6, 6.07) is 0. The number of unbranched alkanes of at least 4 members (excludes halogenated alkanes) is 5. The molecule has 0 aromatic rings. The van der Waals surface area contributed by atoms with Crippen LogP contribution in [0.4, 0.5) is 0 Å². The summed E-state index contributed by atoms with van der Waals surface area (Å²) in [5.74, 6) is 2.91. The SMILES string of the molecule is CCCCC=CC1CCC(C2CCC(OCCCCCC)CC2)CC1. The van der Waals surface area contributed by atoms with Crippen molar-refractivity contribution in [2.75, 3.05) is 6.61 Å². The van der Waals surface area contributed by atoms with Crippen LogP contribution in [0, 0.1) is 17.8 Å². The summed E-state index contributed by atoms with van der Waals surface area (Å²) in [6.07, 6.45) is 26.2. The first-order valence-electron chi connectivity index (χ1n) is 11.6. The van der Waals surface area contributed by atoms with Gasteiger partial charge in [-0.15, -0.1) is 0 Å². The zero-order chi connectivity index (χ0) is 17.7. The highest BCUT2D eigenvalue weighted by molar-refractivity contribution is 4.92. The van der Waals surface area contributed by atoms with Crippen LogP contribution >= 0.6 is 0 Å². The minimum atomic E-state index is 0.579. The first-order chi connectivity index (χ1) is 12.3. The Kier molecular flexibility index (Phi) is 10.9. The highest BCUT2D eigenvalue weighted by Gasteiger charge is 2.30. The van der Waals surface area contributed by atoms with E-state index in [1.165, 1.54) is 96.3 Å². The molecular formula is C24H44O. The van der Waals surface area contributed by atoms with E-state index in [2.05, 4.69) is 26.0 Å². The number of rotatable bonds is 11. The van der Waals surface area contributed by atoms with E-state index in [-0.39, 0.29) is 0 Å². The van der Waals surface area contributed by atoms with Crippen LogP contribution in [0.15, 0.2) is 12.2 Å². The molecule has 0 atom stereocenters. The normalized spacial score (nSPS) is 30.8. The second-order valence-electron chi connectivity index (χ2n) is 8.71. The predicted octanol–water partition coefficient (Wildman–Crippen LogP) is 7.69. The zero-order valence-electron chi connectivity index (χ0n) is 17.2. The molecule has 1 heteroatoms. The van der Waals surface area contributed by atoms with Gasteiger partial charge in [0.05, 0.1) is 6.10 Å². The Morgan fingerprint density at radius 3 is 2.00 bits per heavy atom. The lowest BCUT2D eigenvalue weighted by molar-refractivity contribution is 0.00597. The van der Waals surface area contributed by atoms with Crippen molar-refractivity contribution in [3.63, 3.8) is 0 Å². The average Bonchev–Trinajstić information content (AvgIpc) is 2.66. The molecule has 2 aliphatic carbocycles. The first-order valence-corrected chi connectivity index (χ1v) is 11.6. The van der Waals surface area contributed by atoms with Crippen LogP contribution in [-0.2, 0) is 4.74 Å². The van der Waals surface area contributed by atoms with E-state index < -0.39 is 0 Å².